The summed E-state index contributed by atoms with van der Waals surface area (Å²) in [4.78, 5) is 0. The zero-order valence-electron chi connectivity index (χ0n) is 20.7. The van der Waals surface area contributed by atoms with Gasteiger partial charge in [0.05, 0.1) is 12.7 Å². The van der Waals surface area contributed by atoms with Gasteiger partial charge in [0.15, 0.2) is 11.4 Å². The van der Waals surface area contributed by atoms with E-state index in [0.29, 0.717) is 29.9 Å². The van der Waals surface area contributed by atoms with Crippen LogP contribution in [0.4, 0.5) is 8.63 Å². The summed E-state index contributed by atoms with van der Waals surface area (Å²) in [6.45, 7) is -4.20. The van der Waals surface area contributed by atoms with Crippen molar-refractivity contribution in [3.05, 3.63) is 125 Å². The summed E-state index contributed by atoms with van der Waals surface area (Å²) < 4.78 is 38.6. The molecule has 2 aliphatic heterocycles. The lowest BCUT2D eigenvalue weighted by Crippen LogP contribution is -2.52. The minimum Gasteiger partial charge on any atom is -0.506 e. The molecule has 0 radical (unpaired) electrons. The minimum atomic E-state index is -4.20. The Labute approximate surface area is 251 Å². The topological polar surface area (TPSA) is 28.2 Å². The monoisotopic (exact) mass is 740 g/mol. The molecule has 2 aliphatic carbocycles. The third kappa shape index (κ3) is 3.27. The molecule has 0 saturated heterocycles. The third-order valence-electron chi connectivity index (χ3n) is 8.54. The summed E-state index contributed by atoms with van der Waals surface area (Å²) >= 11 is 4.25. The number of fused-ring (bicyclic) bond motifs is 9. The molecule has 4 aromatic rings. The molecule has 0 bridgehead atoms. The maximum absolute atomic E-state index is 17.3. The Morgan fingerprint density at radius 2 is 1.41 bits per heavy atom. The van der Waals surface area contributed by atoms with Crippen LogP contribution in [0.3, 0.4) is 0 Å². The van der Waals surface area contributed by atoms with Crippen LogP contribution >= 0.6 is 45.2 Å². The SMILES string of the molecule is Oc1c(I)cc(C2=C3C=C4CCc5ccccc5C4=[N+]3[B-](F)(F)n3c2cc2c3-c3ccccc3CC2)cc1I. The largest absolute Gasteiger partial charge is 0.737 e. The van der Waals surface area contributed by atoms with E-state index in [9.17, 15) is 5.11 Å². The molecule has 0 unspecified atom stereocenters. The van der Waals surface area contributed by atoms with Gasteiger partial charge in [-0.2, -0.15) is 0 Å². The van der Waals surface area contributed by atoms with Crippen molar-refractivity contribution in [3.63, 3.8) is 0 Å². The molecule has 3 heterocycles. The van der Waals surface area contributed by atoms with Gasteiger partial charge in [-0.3, -0.25) is 0 Å². The lowest BCUT2D eigenvalue weighted by Gasteiger charge is -2.35. The summed E-state index contributed by atoms with van der Waals surface area (Å²) in [5.74, 6) is 0.220. The highest BCUT2D eigenvalue weighted by atomic mass is 127. The van der Waals surface area contributed by atoms with Crippen molar-refractivity contribution in [2.45, 2.75) is 25.7 Å². The molecular formula is C31H21BF2I2N2O. The van der Waals surface area contributed by atoms with Crippen LogP contribution < -0.4 is 0 Å². The number of phenolic OH excluding ortho intramolecular Hbond substituents is 1. The normalized spacial score (nSPS) is 18.1. The Morgan fingerprint density at radius 3 is 2.15 bits per heavy atom. The van der Waals surface area contributed by atoms with Gasteiger partial charge in [0.2, 0.25) is 0 Å². The van der Waals surface area contributed by atoms with Crippen LogP contribution in [0.1, 0.15) is 39.9 Å². The van der Waals surface area contributed by atoms with Gasteiger partial charge in [0, 0.05) is 28.6 Å². The number of aromatic hydroxyl groups is 1. The molecule has 1 aromatic heterocycles. The van der Waals surface area contributed by atoms with Crippen LogP contribution in [0.25, 0.3) is 16.8 Å². The van der Waals surface area contributed by atoms with Crippen molar-refractivity contribution in [2.24, 2.45) is 0 Å². The van der Waals surface area contributed by atoms with E-state index in [2.05, 4.69) is 57.3 Å². The summed E-state index contributed by atoms with van der Waals surface area (Å²) in [6.07, 6.45) is 5.13. The molecular weight excluding hydrogens is 719 g/mol. The van der Waals surface area contributed by atoms with Crippen LogP contribution in [-0.2, 0) is 19.3 Å². The Morgan fingerprint density at radius 1 is 0.795 bits per heavy atom. The van der Waals surface area contributed by atoms with Crippen molar-refractivity contribution in [2.75, 3.05) is 0 Å². The van der Waals surface area contributed by atoms with Gasteiger partial charge in [0.1, 0.15) is 5.75 Å². The molecule has 39 heavy (non-hydrogen) atoms. The van der Waals surface area contributed by atoms with Crippen molar-refractivity contribution in [3.8, 4) is 17.0 Å². The lowest BCUT2D eigenvalue weighted by molar-refractivity contribution is -0.361. The number of phenols is 1. The highest BCUT2D eigenvalue weighted by Gasteiger charge is 2.57. The van der Waals surface area contributed by atoms with Crippen molar-refractivity contribution >= 4 is 63.4 Å². The lowest BCUT2D eigenvalue weighted by atomic mass is 9.82. The van der Waals surface area contributed by atoms with Gasteiger partial charge in [-0.15, -0.1) is 0 Å². The van der Waals surface area contributed by atoms with Crippen molar-refractivity contribution < 1.29 is 18.2 Å². The zero-order valence-corrected chi connectivity index (χ0v) is 25.0. The summed E-state index contributed by atoms with van der Waals surface area (Å²) in [5.41, 5.74) is 9.93. The first-order valence-electron chi connectivity index (χ1n) is 13.1. The number of allylic oxidation sites excluding steroid dienone is 2. The van der Waals surface area contributed by atoms with Crippen LogP contribution in [0.5, 0.6) is 5.75 Å². The number of nitrogens with zero attached hydrogens (tertiary/aromatic N) is 2. The molecule has 192 valence electrons. The van der Waals surface area contributed by atoms with Gasteiger partial charge in [-0.1, -0.05) is 42.5 Å². The fourth-order valence-corrected chi connectivity index (χ4v) is 8.67. The van der Waals surface area contributed by atoms with Crippen LogP contribution in [-0.4, -0.2) is 26.8 Å². The van der Waals surface area contributed by atoms with Crippen molar-refractivity contribution in [1.29, 1.82) is 0 Å². The van der Waals surface area contributed by atoms with Crippen LogP contribution in [0.15, 0.2) is 84.1 Å². The molecule has 3 nitrogen and oxygen atoms in total. The number of rotatable bonds is 1. The number of halogens is 4. The average Bonchev–Trinajstić information content (AvgIpc) is 3.52. The second-order valence-corrected chi connectivity index (χ2v) is 12.9. The first kappa shape index (κ1) is 24.1. The fourth-order valence-electron chi connectivity index (χ4n) is 6.90. The predicted molar refractivity (Wildman–Crippen MR) is 167 cm³/mol. The number of hydrogen-bond donors (Lipinski definition) is 1. The Kier molecular flexibility index (Phi) is 5.19. The van der Waals surface area contributed by atoms with Crippen LogP contribution in [0, 0.1) is 7.14 Å². The van der Waals surface area contributed by atoms with E-state index in [1.165, 1.54) is 8.96 Å². The maximum atomic E-state index is 17.3. The second-order valence-electron chi connectivity index (χ2n) is 10.6. The Hall–Kier alpha value is -2.73. The summed E-state index contributed by atoms with van der Waals surface area (Å²) in [7, 11) is 0. The Bertz CT molecular complexity index is 1860. The second kappa shape index (κ2) is 8.39. The third-order valence-corrected chi connectivity index (χ3v) is 10.2. The zero-order chi connectivity index (χ0) is 26.6. The van der Waals surface area contributed by atoms with Gasteiger partial charge < -0.3 is 22.7 Å². The van der Waals surface area contributed by atoms with Gasteiger partial charge in [-0.05, 0) is 123 Å². The van der Waals surface area contributed by atoms with E-state index in [4.69, 9.17) is 0 Å². The first-order valence-corrected chi connectivity index (χ1v) is 15.2. The van der Waals surface area contributed by atoms with Crippen LogP contribution in [0.2, 0.25) is 0 Å². The van der Waals surface area contributed by atoms with E-state index in [1.807, 2.05) is 60.7 Å². The van der Waals surface area contributed by atoms with Crippen molar-refractivity contribution in [1.82, 2.24) is 4.48 Å². The molecule has 3 aromatic carbocycles. The molecule has 8 heteroatoms. The quantitative estimate of drug-likeness (QED) is 0.159. The fraction of sp³-hybridized carbons (Fsp3) is 0.129. The average molecular weight is 740 g/mol. The van der Waals surface area contributed by atoms with Gasteiger partial charge in [-0.25, -0.2) is 0 Å². The minimum absolute atomic E-state index is 0.220. The van der Waals surface area contributed by atoms with E-state index in [1.54, 1.807) is 0 Å². The van der Waals surface area contributed by atoms with E-state index < -0.39 is 6.97 Å². The number of aromatic nitrogens is 1. The molecule has 1 N–H and O–H groups in total. The molecule has 0 atom stereocenters. The summed E-state index contributed by atoms with van der Waals surface area (Å²) in [6, 6.07) is 21.8. The highest BCUT2D eigenvalue weighted by molar-refractivity contribution is 14.1. The number of hydrogen-bond acceptors (Lipinski definition) is 1. The Balaban J connectivity index is 1.53. The molecule has 8 rings (SSSR count). The van der Waals surface area contributed by atoms with E-state index >= 15 is 8.63 Å². The van der Waals surface area contributed by atoms with Gasteiger partial charge >= 0.3 is 6.97 Å². The highest BCUT2D eigenvalue weighted by Crippen LogP contribution is 2.49. The number of aryl methyl sites for hydroxylation is 3. The standard InChI is InChI=1S/C31H21BF2I2N2O/c33-32(34)37-26(15-19-11-9-17-5-1-3-7-22(17)29(19)37)28(21-13-24(35)31(39)25(36)14-21)27-16-20-12-10-18-6-2-4-8-23(18)30(20)38(27)32/h1-8,13-16,39H,9-12H2. The summed E-state index contributed by atoms with van der Waals surface area (Å²) in [5, 5.41) is 10.5. The smallest absolute Gasteiger partial charge is 0.506 e. The molecule has 0 fully saturated rings. The predicted octanol–water partition coefficient (Wildman–Crippen LogP) is 7.55. The van der Waals surface area contributed by atoms with E-state index in [-0.39, 0.29) is 5.75 Å². The first-order chi connectivity index (χ1) is 18.8. The maximum Gasteiger partial charge on any atom is 0.737 e. The van der Waals surface area contributed by atoms with Gasteiger partial charge in [0.25, 0.3) is 0 Å². The molecule has 4 aliphatic rings. The molecule has 0 spiro atoms. The van der Waals surface area contributed by atoms with E-state index in [0.717, 1.165) is 70.2 Å². The molecule has 0 saturated carbocycles. The molecule has 0 amide bonds. The number of benzene rings is 3.